The third kappa shape index (κ3) is 3.65. The lowest BCUT2D eigenvalue weighted by atomic mass is 10.0. The van der Waals surface area contributed by atoms with Crippen molar-refractivity contribution in [2.75, 3.05) is 0 Å². The maximum atomic E-state index is 11.8. The molecule has 2 N–H and O–H groups in total. The predicted octanol–water partition coefficient (Wildman–Crippen LogP) is 3.04. The smallest absolute Gasteiger partial charge is 0.179 e. The van der Waals surface area contributed by atoms with Gasteiger partial charge in [0.1, 0.15) is 0 Å². The predicted molar refractivity (Wildman–Crippen MR) is 63.3 cm³/mol. The van der Waals surface area contributed by atoms with E-state index in [0.717, 1.165) is 19.3 Å². The first-order valence-electron chi connectivity index (χ1n) is 5.20. The molecule has 0 heterocycles. The van der Waals surface area contributed by atoms with Crippen LogP contribution in [0.1, 0.15) is 36.5 Å². The summed E-state index contributed by atoms with van der Waals surface area (Å²) < 4.78 is 0. The van der Waals surface area contributed by atoms with E-state index >= 15 is 0 Å². The fourth-order valence-corrected chi connectivity index (χ4v) is 1.60. The van der Waals surface area contributed by atoms with Crippen LogP contribution in [0, 0.1) is 0 Å². The molecule has 3 heteroatoms. The van der Waals surface area contributed by atoms with Crippen LogP contribution in [0.25, 0.3) is 0 Å². The number of halogens is 1. The molecule has 82 valence electrons. The summed E-state index contributed by atoms with van der Waals surface area (Å²) in [5.41, 5.74) is 6.40. The minimum Gasteiger partial charge on any atom is -0.321 e. The Kier molecular flexibility index (Phi) is 4.79. The van der Waals surface area contributed by atoms with Crippen LogP contribution in [0.15, 0.2) is 24.3 Å². The van der Waals surface area contributed by atoms with Crippen molar-refractivity contribution >= 4 is 17.4 Å². The highest BCUT2D eigenvalue weighted by atomic mass is 35.5. The highest BCUT2D eigenvalue weighted by Gasteiger charge is 2.14. The van der Waals surface area contributed by atoms with Crippen LogP contribution in [-0.4, -0.2) is 11.8 Å². The fourth-order valence-electron chi connectivity index (χ4n) is 1.41. The van der Waals surface area contributed by atoms with Gasteiger partial charge >= 0.3 is 0 Å². The summed E-state index contributed by atoms with van der Waals surface area (Å²) in [5, 5.41) is 0.573. The number of benzene rings is 1. The Hall–Kier alpha value is -0.860. The average molecular weight is 226 g/mol. The van der Waals surface area contributed by atoms with Crippen LogP contribution >= 0.6 is 11.6 Å². The Morgan fingerprint density at radius 1 is 1.53 bits per heavy atom. The number of carbonyl (C=O) groups excluding carboxylic acids is 1. The molecular weight excluding hydrogens is 210 g/mol. The maximum absolute atomic E-state index is 11.8. The van der Waals surface area contributed by atoms with Gasteiger partial charge in [-0.25, -0.2) is 0 Å². The van der Waals surface area contributed by atoms with Crippen molar-refractivity contribution in [2.45, 2.75) is 32.2 Å². The molecule has 0 aliphatic heterocycles. The third-order valence-corrected chi connectivity index (χ3v) is 2.55. The Morgan fingerprint density at radius 3 is 2.87 bits per heavy atom. The van der Waals surface area contributed by atoms with Crippen LogP contribution in [0.2, 0.25) is 5.02 Å². The molecule has 1 rings (SSSR count). The van der Waals surface area contributed by atoms with Crippen LogP contribution in [-0.2, 0) is 0 Å². The quantitative estimate of drug-likeness (QED) is 0.783. The number of Topliss-reactive ketones (excluding diaryl/α,β-unsaturated/α-hetero) is 1. The topological polar surface area (TPSA) is 43.1 Å². The Labute approximate surface area is 95.4 Å². The lowest BCUT2D eigenvalue weighted by Gasteiger charge is -2.09. The Balaban J connectivity index is 2.67. The standard InChI is InChI=1S/C12H16ClNO/c1-2-3-7-11(14)12(15)9-5-4-6-10(13)8-9/h4-6,8,11H,2-3,7,14H2,1H3. The summed E-state index contributed by atoms with van der Waals surface area (Å²) in [7, 11) is 0. The molecular formula is C12H16ClNO. The van der Waals surface area contributed by atoms with Gasteiger partial charge in [0, 0.05) is 10.6 Å². The molecule has 0 amide bonds. The SMILES string of the molecule is CCCCC(N)C(=O)c1cccc(Cl)c1. The van der Waals surface area contributed by atoms with Gasteiger partial charge in [-0.2, -0.15) is 0 Å². The maximum Gasteiger partial charge on any atom is 0.179 e. The number of nitrogens with two attached hydrogens (primary N) is 1. The first-order valence-corrected chi connectivity index (χ1v) is 5.58. The van der Waals surface area contributed by atoms with Gasteiger partial charge in [-0.1, -0.05) is 43.5 Å². The summed E-state index contributed by atoms with van der Waals surface area (Å²) in [6.07, 6.45) is 2.77. The van der Waals surface area contributed by atoms with Gasteiger partial charge in [-0.05, 0) is 18.6 Å². The van der Waals surface area contributed by atoms with E-state index in [4.69, 9.17) is 17.3 Å². The molecule has 0 saturated carbocycles. The summed E-state index contributed by atoms with van der Waals surface area (Å²) in [4.78, 5) is 11.8. The molecule has 15 heavy (non-hydrogen) atoms. The highest BCUT2D eigenvalue weighted by molar-refractivity contribution is 6.31. The summed E-state index contributed by atoms with van der Waals surface area (Å²) >= 11 is 5.80. The fraction of sp³-hybridized carbons (Fsp3) is 0.417. The van der Waals surface area contributed by atoms with Gasteiger partial charge in [0.05, 0.1) is 6.04 Å². The lowest BCUT2D eigenvalue weighted by molar-refractivity contribution is 0.0956. The molecule has 0 aromatic heterocycles. The largest absolute Gasteiger partial charge is 0.321 e. The number of rotatable bonds is 5. The summed E-state index contributed by atoms with van der Waals surface area (Å²) in [6, 6.07) is 6.52. The minimum absolute atomic E-state index is 0.0223. The van der Waals surface area contributed by atoms with E-state index in [0.29, 0.717) is 10.6 Å². The van der Waals surface area contributed by atoms with Crippen molar-refractivity contribution in [2.24, 2.45) is 5.73 Å². The number of unbranched alkanes of at least 4 members (excludes halogenated alkanes) is 1. The second-order valence-electron chi connectivity index (χ2n) is 3.62. The number of hydrogen-bond donors (Lipinski definition) is 1. The number of ketones is 1. The van der Waals surface area contributed by atoms with Crippen LogP contribution < -0.4 is 5.73 Å². The molecule has 0 aliphatic rings. The van der Waals surface area contributed by atoms with Crippen LogP contribution in [0.4, 0.5) is 0 Å². The molecule has 0 spiro atoms. The summed E-state index contributed by atoms with van der Waals surface area (Å²) in [6.45, 7) is 2.08. The second kappa shape index (κ2) is 5.89. The van der Waals surface area contributed by atoms with Crippen molar-refractivity contribution in [3.05, 3.63) is 34.9 Å². The molecule has 0 fully saturated rings. The Bertz CT molecular complexity index is 338. The van der Waals surface area contributed by atoms with Gasteiger partial charge in [0.25, 0.3) is 0 Å². The van der Waals surface area contributed by atoms with Gasteiger partial charge in [-0.15, -0.1) is 0 Å². The first kappa shape index (κ1) is 12.2. The van der Waals surface area contributed by atoms with E-state index in [2.05, 4.69) is 6.92 Å². The molecule has 1 atom stereocenters. The van der Waals surface area contributed by atoms with Crippen LogP contribution in [0.3, 0.4) is 0 Å². The molecule has 1 aromatic rings. The monoisotopic (exact) mass is 225 g/mol. The Morgan fingerprint density at radius 2 is 2.27 bits per heavy atom. The van der Waals surface area contributed by atoms with Crippen molar-refractivity contribution < 1.29 is 4.79 Å². The van der Waals surface area contributed by atoms with E-state index in [1.807, 2.05) is 0 Å². The van der Waals surface area contributed by atoms with Crippen molar-refractivity contribution in [3.8, 4) is 0 Å². The average Bonchev–Trinajstić information content (AvgIpc) is 2.24. The highest BCUT2D eigenvalue weighted by Crippen LogP contribution is 2.13. The zero-order valence-corrected chi connectivity index (χ0v) is 9.63. The van der Waals surface area contributed by atoms with E-state index < -0.39 is 6.04 Å². The van der Waals surface area contributed by atoms with Gasteiger partial charge < -0.3 is 5.73 Å². The number of hydrogen-bond acceptors (Lipinski definition) is 2. The molecule has 0 saturated heterocycles. The van der Waals surface area contributed by atoms with Gasteiger partial charge in [-0.3, -0.25) is 4.79 Å². The van der Waals surface area contributed by atoms with Crippen molar-refractivity contribution in [1.29, 1.82) is 0 Å². The normalized spacial score (nSPS) is 12.5. The minimum atomic E-state index is -0.400. The molecule has 0 bridgehead atoms. The molecule has 1 unspecified atom stereocenters. The van der Waals surface area contributed by atoms with Crippen LogP contribution in [0.5, 0.6) is 0 Å². The molecule has 1 aromatic carbocycles. The number of carbonyl (C=O) groups is 1. The van der Waals surface area contributed by atoms with E-state index in [9.17, 15) is 4.79 Å². The zero-order valence-electron chi connectivity index (χ0n) is 8.87. The molecule has 0 radical (unpaired) electrons. The lowest BCUT2D eigenvalue weighted by Crippen LogP contribution is -2.30. The third-order valence-electron chi connectivity index (χ3n) is 2.31. The van der Waals surface area contributed by atoms with E-state index in [1.54, 1.807) is 24.3 Å². The second-order valence-corrected chi connectivity index (χ2v) is 4.06. The van der Waals surface area contributed by atoms with Gasteiger partial charge in [0.15, 0.2) is 5.78 Å². The van der Waals surface area contributed by atoms with Crippen molar-refractivity contribution in [3.63, 3.8) is 0 Å². The van der Waals surface area contributed by atoms with Gasteiger partial charge in [0.2, 0.25) is 0 Å². The first-order chi connectivity index (χ1) is 7.15. The van der Waals surface area contributed by atoms with Crippen molar-refractivity contribution in [1.82, 2.24) is 0 Å². The van der Waals surface area contributed by atoms with E-state index in [-0.39, 0.29) is 5.78 Å². The molecule has 0 aliphatic carbocycles. The molecule has 2 nitrogen and oxygen atoms in total. The summed E-state index contributed by atoms with van der Waals surface area (Å²) in [5.74, 6) is -0.0223. The zero-order chi connectivity index (χ0) is 11.3. The van der Waals surface area contributed by atoms with E-state index in [1.165, 1.54) is 0 Å².